The first kappa shape index (κ1) is 9.69. The summed E-state index contributed by atoms with van der Waals surface area (Å²) in [6.45, 7) is 4.51. The van der Waals surface area contributed by atoms with Gasteiger partial charge in [0, 0.05) is 6.54 Å². The van der Waals surface area contributed by atoms with Gasteiger partial charge < -0.3 is 10.6 Å². The zero-order chi connectivity index (χ0) is 9.64. The molecule has 2 rings (SSSR count). The number of nitrogens with one attached hydrogen (secondary N) is 2. The summed E-state index contributed by atoms with van der Waals surface area (Å²) in [6.07, 6.45) is 1.32. The van der Waals surface area contributed by atoms with E-state index in [4.69, 9.17) is 0 Å². The minimum Gasteiger partial charge on any atom is -0.316 e. The van der Waals surface area contributed by atoms with E-state index >= 15 is 0 Å². The lowest BCUT2D eigenvalue weighted by atomic mass is 10.1. The van der Waals surface area contributed by atoms with Gasteiger partial charge in [0.25, 0.3) is 0 Å². The molecule has 0 bridgehead atoms. The lowest BCUT2D eigenvalue weighted by Gasteiger charge is -2.09. The van der Waals surface area contributed by atoms with Crippen LogP contribution in [0.5, 0.6) is 0 Å². The van der Waals surface area contributed by atoms with Crippen molar-refractivity contribution in [2.45, 2.75) is 13.0 Å². The molecule has 1 aromatic rings. The molecular weight excluding hydrogens is 172 g/mol. The molecule has 0 radical (unpaired) electrons. The number of hydrogen-bond donors (Lipinski definition) is 2. The maximum absolute atomic E-state index is 3.50. The van der Waals surface area contributed by atoms with Crippen LogP contribution in [0.25, 0.3) is 0 Å². The van der Waals surface area contributed by atoms with E-state index in [1.165, 1.54) is 25.1 Å². The maximum Gasteiger partial charge on any atom is 0.0205 e. The van der Waals surface area contributed by atoms with E-state index in [0.29, 0.717) is 0 Å². The van der Waals surface area contributed by atoms with Crippen molar-refractivity contribution in [3.8, 4) is 0 Å². The predicted molar refractivity (Wildman–Crippen MR) is 59.1 cm³/mol. The van der Waals surface area contributed by atoms with Crippen LogP contribution in [0, 0.1) is 5.92 Å². The quantitative estimate of drug-likeness (QED) is 0.749. The van der Waals surface area contributed by atoms with Crippen LogP contribution in [-0.2, 0) is 6.54 Å². The van der Waals surface area contributed by atoms with E-state index in [9.17, 15) is 0 Å². The van der Waals surface area contributed by atoms with Gasteiger partial charge >= 0.3 is 0 Å². The van der Waals surface area contributed by atoms with Gasteiger partial charge in [-0.25, -0.2) is 0 Å². The average Bonchev–Trinajstić information content (AvgIpc) is 2.72. The van der Waals surface area contributed by atoms with Gasteiger partial charge in [-0.15, -0.1) is 0 Å². The first-order chi connectivity index (χ1) is 6.95. The number of benzene rings is 1. The third-order valence-corrected chi connectivity index (χ3v) is 2.77. The van der Waals surface area contributed by atoms with Crippen LogP contribution in [0.4, 0.5) is 0 Å². The summed E-state index contributed by atoms with van der Waals surface area (Å²) in [7, 11) is 0. The maximum atomic E-state index is 3.50. The summed E-state index contributed by atoms with van der Waals surface area (Å²) in [5.41, 5.74) is 1.37. The van der Waals surface area contributed by atoms with Crippen molar-refractivity contribution in [3.63, 3.8) is 0 Å². The average molecular weight is 190 g/mol. The zero-order valence-electron chi connectivity index (χ0n) is 8.50. The third-order valence-electron chi connectivity index (χ3n) is 2.77. The van der Waals surface area contributed by atoms with E-state index < -0.39 is 0 Å². The Kier molecular flexibility index (Phi) is 3.55. The van der Waals surface area contributed by atoms with Crippen LogP contribution >= 0.6 is 0 Å². The van der Waals surface area contributed by atoms with E-state index in [2.05, 4.69) is 41.0 Å². The molecule has 2 nitrogen and oxygen atoms in total. The van der Waals surface area contributed by atoms with Crippen molar-refractivity contribution in [2.24, 2.45) is 5.92 Å². The highest BCUT2D eigenvalue weighted by Crippen LogP contribution is 2.06. The van der Waals surface area contributed by atoms with Gasteiger partial charge in [-0.3, -0.25) is 0 Å². The summed E-state index contributed by atoms with van der Waals surface area (Å²) in [5, 5.41) is 6.88. The van der Waals surface area contributed by atoms with Gasteiger partial charge in [-0.1, -0.05) is 30.3 Å². The van der Waals surface area contributed by atoms with Crippen LogP contribution in [0.3, 0.4) is 0 Å². The first-order valence-electron chi connectivity index (χ1n) is 5.40. The Balaban J connectivity index is 1.67. The molecule has 1 aliphatic rings. The molecule has 0 amide bonds. The minimum absolute atomic E-state index is 0.832. The Bertz CT molecular complexity index is 252. The zero-order valence-corrected chi connectivity index (χ0v) is 8.50. The molecule has 1 saturated heterocycles. The molecule has 1 unspecified atom stereocenters. The normalized spacial score (nSPS) is 21.3. The predicted octanol–water partition coefficient (Wildman–Crippen LogP) is 1.39. The molecule has 1 aliphatic heterocycles. The monoisotopic (exact) mass is 190 g/mol. The van der Waals surface area contributed by atoms with Gasteiger partial charge in [-0.05, 0) is 37.5 Å². The highest BCUT2D eigenvalue weighted by Gasteiger charge is 2.12. The van der Waals surface area contributed by atoms with Gasteiger partial charge in [-0.2, -0.15) is 0 Å². The lowest BCUT2D eigenvalue weighted by Crippen LogP contribution is -2.23. The summed E-state index contributed by atoms with van der Waals surface area (Å²) in [6, 6.07) is 10.6. The van der Waals surface area contributed by atoms with Crippen molar-refractivity contribution in [2.75, 3.05) is 19.6 Å². The molecule has 76 valence electrons. The number of hydrogen-bond acceptors (Lipinski definition) is 2. The Morgan fingerprint density at radius 3 is 2.86 bits per heavy atom. The highest BCUT2D eigenvalue weighted by atomic mass is 14.9. The first-order valence-corrected chi connectivity index (χ1v) is 5.40. The van der Waals surface area contributed by atoms with Crippen molar-refractivity contribution >= 4 is 0 Å². The van der Waals surface area contributed by atoms with Gasteiger partial charge in [0.1, 0.15) is 0 Å². The molecule has 0 saturated carbocycles. The second kappa shape index (κ2) is 5.13. The topological polar surface area (TPSA) is 24.1 Å². The van der Waals surface area contributed by atoms with E-state index in [1.807, 2.05) is 0 Å². The molecule has 1 atom stereocenters. The third kappa shape index (κ3) is 2.82. The second-order valence-corrected chi connectivity index (χ2v) is 3.98. The second-order valence-electron chi connectivity index (χ2n) is 3.98. The lowest BCUT2D eigenvalue weighted by molar-refractivity contribution is 0.512. The fourth-order valence-electron chi connectivity index (χ4n) is 1.91. The SMILES string of the molecule is c1ccc(CNCC2CCNC2)cc1. The molecule has 0 spiro atoms. The van der Waals surface area contributed by atoms with E-state index in [1.54, 1.807) is 0 Å². The molecule has 2 heteroatoms. The van der Waals surface area contributed by atoms with Crippen LogP contribution < -0.4 is 10.6 Å². The highest BCUT2D eigenvalue weighted by molar-refractivity contribution is 5.14. The molecule has 0 aromatic heterocycles. The Hall–Kier alpha value is -0.860. The van der Waals surface area contributed by atoms with Crippen LogP contribution in [0.15, 0.2) is 30.3 Å². The largest absolute Gasteiger partial charge is 0.316 e. The molecular formula is C12H18N2. The molecule has 1 heterocycles. The standard InChI is InChI=1S/C12H18N2/c1-2-4-11(5-3-1)8-14-10-12-6-7-13-9-12/h1-5,12-14H,6-10H2. The van der Waals surface area contributed by atoms with Gasteiger partial charge in [0.05, 0.1) is 0 Å². The Morgan fingerprint density at radius 2 is 2.14 bits per heavy atom. The van der Waals surface area contributed by atoms with E-state index in [0.717, 1.165) is 19.0 Å². The number of rotatable bonds is 4. The molecule has 1 fully saturated rings. The fourth-order valence-corrected chi connectivity index (χ4v) is 1.91. The Labute approximate surface area is 85.7 Å². The van der Waals surface area contributed by atoms with Crippen molar-refractivity contribution in [1.82, 2.24) is 10.6 Å². The minimum atomic E-state index is 0.832. The van der Waals surface area contributed by atoms with Crippen LogP contribution in [-0.4, -0.2) is 19.6 Å². The molecule has 14 heavy (non-hydrogen) atoms. The Morgan fingerprint density at radius 1 is 1.29 bits per heavy atom. The summed E-state index contributed by atoms with van der Waals surface area (Å²) in [4.78, 5) is 0. The summed E-state index contributed by atoms with van der Waals surface area (Å²) in [5.74, 6) is 0.832. The van der Waals surface area contributed by atoms with Crippen LogP contribution in [0.1, 0.15) is 12.0 Å². The molecule has 2 N–H and O–H groups in total. The van der Waals surface area contributed by atoms with Crippen molar-refractivity contribution in [3.05, 3.63) is 35.9 Å². The molecule has 0 aliphatic carbocycles. The van der Waals surface area contributed by atoms with Crippen LogP contribution in [0.2, 0.25) is 0 Å². The van der Waals surface area contributed by atoms with Gasteiger partial charge in [0.15, 0.2) is 0 Å². The summed E-state index contributed by atoms with van der Waals surface area (Å²) < 4.78 is 0. The smallest absolute Gasteiger partial charge is 0.0205 e. The molecule has 1 aromatic carbocycles. The summed E-state index contributed by atoms with van der Waals surface area (Å²) >= 11 is 0. The fraction of sp³-hybridized carbons (Fsp3) is 0.500. The van der Waals surface area contributed by atoms with Gasteiger partial charge in [0.2, 0.25) is 0 Å². The van der Waals surface area contributed by atoms with Crippen molar-refractivity contribution < 1.29 is 0 Å². The van der Waals surface area contributed by atoms with Crippen molar-refractivity contribution in [1.29, 1.82) is 0 Å². The van der Waals surface area contributed by atoms with E-state index in [-0.39, 0.29) is 0 Å².